The summed E-state index contributed by atoms with van der Waals surface area (Å²) in [6.07, 6.45) is 0. The van der Waals surface area contributed by atoms with Gasteiger partial charge >= 0.3 is 19.7 Å². The number of thiophene rings is 1. The van der Waals surface area contributed by atoms with Crippen LogP contribution in [0.15, 0.2) is 12.1 Å². The largest absolute Gasteiger partial charge is 0.344 e. The van der Waals surface area contributed by atoms with Crippen molar-refractivity contribution in [2.45, 2.75) is 0 Å². The van der Waals surface area contributed by atoms with E-state index in [0.717, 1.165) is 0 Å². The molecular weight excluding hydrogens is 174 g/mol. The molecule has 0 aliphatic rings. The maximum absolute atomic E-state index is 11.8. The summed E-state index contributed by atoms with van der Waals surface area (Å²) < 4.78 is 24.9. The maximum atomic E-state index is 11.8. The Kier molecular flexibility index (Phi) is 2.55. The Morgan fingerprint density at radius 1 is 1.11 bits per heavy atom. The van der Waals surface area contributed by atoms with Gasteiger partial charge in [0.15, 0.2) is 0 Å². The minimum absolute atomic E-state index is 0.634. The Hall–Kier alpha value is -0.00623. The van der Waals surface area contributed by atoms with Crippen molar-refractivity contribution in [2.24, 2.45) is 0 Å². The smallest absolute Gasteiger partial charge is 0.307 e. The van der Waals surface area contributed by atoms with E-state index in [1.54, 1.807) is 12.1 Å². The van der Waals surface area contributed by atoms with Gasteiger partial charge < -0.3 is 8.22 Å². The first kappa shape index (κ1) is 7.10. The summed E-state index contributed by atoms with van der Waals surface area (Å²) >= 11 is 1.21. The summed E-state index contributed by atoms with van der Waals surface area (Å²) in [4.78, 5) is 0. The first-order chi connectivity index (χ1) is 4.36. The highest BCUT2D eigenvalue weighted by Crippen LogP contribution is 1.89. The molecular formula is C4H2F2SSi2. The van der Waals surface area contributed by atoms with Gasteiger partial charge in [-0.3, -0.25) is 0 Å². The van der Waals surface area contributed by atoms with Gasteiger partial charge in [0.1, 0.15) is 0 Å². The molecule has 0 aliphatic heterocycles. The molecule has 0 bridgehead atoms. The Labute approximate surface area is 60.9 Å². The van der Waals surface area contributed by atoms with Crippen LogP contribution < -0.4 is 9.00 Å². The molecule has 9 heavy (non-hydrogen) atoms. The predicted molar refractivity (Wildman–Crippen MR) is 37.3 cm³/mol. The third-order valence-electron chi connectivity index (χ3n) is 0.792. The molecule has 0 aliphatic carbocycles. The topological polar surface area (TPSA) is 0 Å². The van der Waals surface area contributed by atoms with Crippen molar-refractivity contribution in [3.8, 4) is 0 Å². The van der Waals surface area contributed by atoms with Crippen LogP contribution in [0.3, 0.4) is 0 Å². The molecule has 0 spiro atoms. The molecule has 46 valence electrons. The van der Waals surface area contributed by atoms with E-state index in [1.165, 1.54) is 11.3 Å². The van der Waals surface area contributed by atoms with Crippen LogP contribution in [0.1, 0.15) is 0 Å². The van der Waals surface area contributed by atoms with Gasteiger partial charge in [-0.25, -0.2) is 0 Å². The normalized spacial score (nSPS) is 10.0. The highest BCUT2D eigenvalue weighted by atomic mass is 32.1. The molecule has 1 heterocycles. The fourth-order valence-electron chi connectivity index (χ4n) is 0.439. The quantitative estimate of drug-likeness (QED) is 0.445. The van der Waals surface area contributed by atoms with Crippen LogP contribution in [0, 0.1) is 0 Å². The van der Waals surface area contributed by atoms with Gasteiger partial charge in [-0.15, -0.1) is 11.3 Å². The van der Waals surface area contributed by atoms with Crippen molar-refractivity contribution >= 4 is 40.0 Å². The van der Waals surface area contributed by atoms with E-state index in [9.17, 15) is 8.22 Å². The number of halogens is 2. The van der Waals surface area contributed by atoms with E-state index >= 15 is 0 Å². The second-order valence-electron chi connectivity index (χ2n) is 1.35. The van der Waals surface area contributed by atoms with Gasteiger partial charge in [-0.05, 0) is 12.1 Å². The van der Waals surface area contributed by atoms with Crippen molar-refractivity contribution in [1.82, 2.24) is 0 Å². The Bertz CT molecular complexity index is 170. The average molecular weight is 176 g/mol. The molecule has 0 aromatic carbocycles. The van der Waals surface area contributed by atoms with Gasteiger partial charge in [0.25, 0.3) is 0 Å². The minimum atomic E-state index is -0.690. The summed E-state index contributed by atoms with van der Waals surface area (Å²) in [5.74, 6) is 0. The molecule has 0 N–H and O–H groups in total. The van der Waals surface area contributed by atoms with E-state index < -0.39 is 19.7 Å². The summed E-state index contributed by atoms with van der Waals surface area (Å²) in [5.41, 5.74) is 0. The zero-order valence-corrected chi connectivity index (χ0v) is 7.14. The Balaban J connectivity index is 2.74. The molecule has 0 amide bonds. The Morgan fingerprint density at radius 3 is 1.78 bits per heavy atom. The monoisotopic (exact) mass is 176 g/mol. The first-order valence-electron chi connectivity index (χ1n) is 2.20. The molecule has 0 nitrogen and oxygen atoms in total. The number of hydrogen-bond acceptors (Lipinski definition) is 1. The van der Waals surface area contributed by atoms with Gasteiger partial charge in [0, 0.05) is 9.00 Å². The van der Waals surface area contributed by atoms with E-state index in [-0.39, 0.29) is 0 Å². The van der Waals surface area contributed by atoms with E-state index in [2.05, 4.69) is 0 Å². The van der Waals surface area contributed by atoms with Crippen molar-refractivity contribution in [3.63, 3.8) is 0 Å². The predicted octanol–water partition coefficient (Wildman–Crippen LogP) is 0.176. The highest BCUT2D eigenvalue weighted by molar-refractivity contribution is 7.28. The second-order valence-corrected chi connectivity index (χ2v) is 4.62. The lowest BCUT2D eigenvalue weighted by Crippen LogP contribution is -2.05. The van der Waals surface area contributed by atoms with Crippen molar-refractivity contribution in [1.29, 1.82) is 0 Å². The van der Waals surface area contributed by atoms with Gasteiger partial charge in [0.2, 0.25) is 0 Å². The molecule has 1 aromatic heterocycles. The molecule has 5 heteroatoms. The number of hydrogen-bond donors (Lipinski definition) is 0. The van der Waals surface area contributed by atoms with Crippen LogP contribution in [0.2, 0.25) is 0 Å². The first-order valence-corrected chi connectivity index (χ1v) is 4.77. The zero-order valence-electron chi connectivity index (χ0n) is 4.32. The van der Waals surface area contributed by atoms with Crippen molar-refractivity contribution in [2.75, 3.05) is 0 Å². The lowest BCUT2D eigenvalue weighted by Gasteiger charge is -1.76. The van der Waals surface area contributed by atoms with E-state index in [4.69, 9.17) is 0 Å². The summed E-state index contributed by atoms with van der Waals surface area (Å²) in [6, 6.07) is 3.26. The molecule has 1 rings (SSSR count). The molecule has 0 saturated heterocycles. The van der Waals surface area contributed by atoms with Crippen LogP contribution >= 0.6 is 11.3 Å². The van der Waals surface area contributed by atoms with Crippen LogP contribution in [0.25, 0.3) is 0 Å². The van der Waals surface area contributed by atoms with E-state index in [1.807, 2.05) is 0 Å². The van der Waals surface area contributed by atoms with Crippen LogP contribution in [0.5, 0.6) is 0 Å². The summed E-state index contributed by atoms with van der Waals surface area (Å²) in [7, 11) is -1.38. The van der Waals surface area contributed by atoms with Crippen LogP contribution in [0.4, 0.5) is 8.22 Å². The van der Waals surface area contributed by atoms with E-state index in [0.29, 0.717) is 9.00 Å². The maximum Gasteiger partial charge on any atom is 0.344 e. The summed E-state index contributed by atoms with van der Waals surface area (Å²) in [6.45, 7) is 0. The molecule has 0 saturated carbocycles. The zero-order chi connectivity index (χ0) is 6.69. The molecule has 0 fully saturated rings. The molecule has 1 aromatic rings. The number of rotatable bonds is 2. The lowest BCUT2D eigenvalue weighted by atomic mass is 10.7. The standard InChI is InChI=1S/C4H2F2SSi2/c5-8-3-1-2-4(7-3)9-6/h1-2H. The lowest BCUT2D eigenvalue weighted by molar-refractivity contribution is 0.885. The van der Waals surface area contributed by atoms with Crippen molar-refractivity contribution in [3.05, 3.63) is 12.1 Å². The van der Waals surface area contributed by atoms with Gasteiger partial charge in [-0.2, -0.15) is 0 Å². The Morgan fingerprint density at radius 2 is 1.56 bits per heavy atom. The minimum Gasteiger partial charge on any atom is -0.307 e. The van der Waals surface area contributed by atoms with Gasteiger partial charge in [-0.1, -0.05) is 0 Å². The molecule has 4 radical (unpaired) electrons. The van der Waals surface area contributed by atoms with Crippen LogP contribution in [-0.2, 0) is 0 Å². The molecule has 0 atom stereocenters. The van der Waals surface area contributed by atoms with Gasteiger partial charge in [0.05, 0.1) is 0 Å². The summed E-state index contributed by atoms with van der Waals surface area (Å²) in [5, 5.41) is 0. The average Bonchev–Trinajstić information content (AvgIpc) is 2.34. The SMILES string of the molecule is F[Si]c1ccc([Si]F)s1. The second kappa shape index (κ2) is 3.24. The van der Waals surface area contributed by atoms with Crippen LogP contribution in [-0.4, -0.2) is 19.7 Å². The fourth-order valence-corrected chi connectivity index (χ4v) is 2.52. The molecule has 0 unspecified atom stereocenters. The fraction of sp³-hybridized carbons (Fsp3) is 0. The highest BCUT2D eigenvalue weighted by Gasteiger charge is 2.01. The van der Waals surface area contributed by atoms with Crippen molar-refractivity contribution < 1.29 is 8.22 Å². The third-order valence-corrected chi connectivity index (χ3v) is 3.29. The third kappa shape index (κ3) is 1.70.